The minimum absolute atomic E-state index is 0.0280. The van der Waals surface area contributed by atoms with Crippen molar-refractivity contribution in [1.29, 1.82) is 0 Å². The minimum atomic E-state index is -4.32. The standard InChI is InChI=1S/C25H23F3N4O/c1-16-10-20(14-31-24(16)29-2)18-7-9-32-22(15-30-23(32)13-18)19-5-3-4-17(11-19)12-21(33)6-8-25(26,27)28/h3-5,7,9-11,13-15H,6,8,12H2,1-2H3,(H,29,31). The molecule has 0 fully saturated rings. The summed E-state index contributed by atoms with van der Waals surface area (Å²) in [4.78, 5) is 20.9. The summed E-state index contributed by atoms with van der Waals surface area (Å²) in [7, 11) is 1.83. The Hall–Kier alpha value is -3.68. The fourth-order valence-electron chi connectivity index (χ4n) is 3.81. The summed E-state index contributed by atoms with van der Waals surface area (Å²) in [5.74, 6) is 0.403. The first-order valence-electron chi connectivity index (χ1n) is 10.5. The third-order valence-electron chi connectivity index (χ3n) is 5.47. The number of benzene rings is 1. The highest BCUT2D eigenvalue weighted by Gasteiger charge is 2.27. The molecule has 0 unspecified atom stereocenters. The molecule has 0 aliphatic carbocycles. The van der Waals surface area contributed by atoms with Gasteiger partial charge in [0.15, 0.2) is 0 Å². The molecule has 4 rings (SSSR count). The van der Waals surface area contributed by atoms with Crippen LogP contribution in [-0.2, 0) is 11.2 Å². The Labute approximate surface area is 189 Å². The van der Waals surface area contributed by atoms with Crippen LogP contribution >= 0.6 is 0 Å². The van der Waals surface area contributed by atoms with Crippen LogP contribution in [0.25, 0.3) is 28.0 Å². The first-order valence-corrected chi connectivity index (χ1v) is 10.5. The molecule has 0 saturated carbocycles. The van der Waals surface area contributed by atoms with Crippen LogP contribution in [0, 0.1) is 6.92 Å². The van der Waals surface area contributed by atoms with Gasteiger partial charge in [0.1, 0.15) is 17.2 Å². The summed E-state index contributed by atoms with van der Waals surface area (Å²) >= 11 is 0. The Kier molecular flexibility index (Phi) is 6.18. The number of imidazole rings is 1. The zero-order chi connectivity index (χ0) is 23.6. The van der Waals surface area contributed by atoms with E-state index in [1.54, 1.807) is 18.3 Å². The second-order valence-corrected chi connectivity index (χ2v) is 7.96. The van der Waals surface area contributed by atoms with Crippen molar-refractivity contribution in [2.45, 2.75) is 32.4 Å². The van der Waals surface area contributed by atoms with Gasteiger partial charge < -0.3 is 5.32 Å². The number of nitrogens with zero attached hydrogens (tertiary/aromatic N) is 3. The fourth-order valence-corrected chi connectivity index (χ4v) is 3.81. The van der Waals surface area contributed by atoms with Crippen LogP contribution in [0.1, 0.15) is 24.0 Å². The summed E-state index contributed by atoms with van der Waals surface area (Å²) in [6, 6.07) is 13.3. The van der Waals surface area contributed by atoms with Crippen LogP contribution < -0.4 is 5.32 Å². The third kappa shape index (κ3) is 5.22. The average molecular weight is 452 g/mol. The van der Waals surface area contributed by atoms with Crippen LogP contribution in [0.5, 0.6) is 0 Å². The molecule has 0 bridgehead atoms. The fraction of sp³-hybridized carbons (Fsp3) is 0.240. The highest BCUT2D eigenvalue weighted by molar-refractivity contribution is 5.81. The molecule has 33 heavy (non-hydrogen) atoms. The van der Waals surface area contributed by atoms with Crippen LogP contribution in [0.15, 0.2) is 61.1 Å². The van der Waals surface area contributed by atoms with Crippen molar-refractivity contribution in [3.63, 3.8) is 0 Å². The smallest absolute Gasteiger partial charge is 0.373 e. The molecule has 0 aliphatic heterocycles. The first-order chi connectivity index (χ1) is 15.7. The molecule has 3 heterocycles. The van der Waals surface area contributed by atoms with Gasteiger partial charge >= 0.3 is 6.18 Å². The molecule has 0 amide bonds. The normalized spacial score (nSPS) is 11.7. The second kappa shape index (κ2) is 9.05. The van der Waals surface area contributed by atoms with E-state index in [1.807, 2.05) is 55.0 Å². The molecule has 0 saturated heterocycles. The monoisotopic (exact) mass is 452 g/mol. The van der Waals surface area contributed by atoms with E-state index in [0.717, 1.165) is 39.4 Å². The van der Waals surface area contributed by atoms with Gasteiger partial charge in [-0.05, 0) is 47.9 Å². The summed E-state index contributed by atoms with van der Waals surface area (Å²) in [6.45, 7) is 2.00. The highest BCUT2D eigenvalue weighted by atomic mass is 19.4. The number of carbonyl (C=O) groups excluding carboxylic acids is 1. The molecule has 4 aromatic rings. The number of anilines is 1. The molecule has 0 atom stereocenters. The summed E-state index contributed by atoms with van der Waals surface area (Å²) < 4.78 is 39.1. The van der Waals surface area contributed by atoms with Gasteiger partial charge in [0.25, 0.3) is 0 Å². The molecular formula is C25H23F3N4O. The topological polar surface area (TPSA) is 59.3 Å². The van der Waals surface area contributed by atoms with Crippen molar-refractivity contribution in [3.8, 4) is 22.4 Å². The molecule has 5 nitrogen and oxygen atoms in total. The predicted octanol–water partition coefficient (Wildman–Crippen LogP) is 5.87. The van der Waals surface area contributed by atoms with Gasteiger partial charge in [0.05, 0.1) is 18.3 Å². The number of halogens is 3. The molecule has 0 radical (unpaired) electrons. The average Bonchev–Trinajstić information content (AvgIpc) is 3.21. The van der Waals surface area contributed by atoms with Gasteiger partial charge in [-0.15, -0.1) is 0 Å². The lowest BCUT2D eigenvalue weighted by atomic mass is 10.0. The Balaban J connectivity index is 1.57. The zero-order valence-corrected chi connectivity index (χ0v) is 18.3. The van der Waals surface area contributed by atoms with E-state index < -0.39 is 24.8 Å². The van der Waals surface area contributed by atoms with Crippen LogP contribution in [-0.4, -0.2) is 33.4 Å². The number of fused-ring (bicyclic) bond motifs is 1. The maximum atomic E-state index is 12.4. The van der Waals surface area contributed by atoms with Crippen molar-refractivity contribution >= 4 is 17.2 Å². The lowest BCUT2D eigenvalue weighted by molar-refractivity contribution is -0.143. The molecule has 0 spiro atoms. The van der Waals surface area contributed by atoms with Gasteiger partial charge in [-0.3, -0.25) is 9.20 Å². The zero-order valence-electron chi connectivity index (χ0n) is 18.3. The van der Waals surface area contributed by atoms with Gasteiger partial charge in [0, 0.05) is 43.4 Å². The predicted molar refractivity (Wildman–Crippen MR) is 122 cm³/mol. The number of rotatable bonds is 7. The quantitative estimate of drug-likeness (QED) is 0.381. The maximum absolute atomic E-state index is 12.4. The number of nitrogens with one attached hydrogen (secondary N) is 1. The van der Waals surface area contributed by atoms with Crippen LogP contribution in [0.4, 0.5) is 19.0 Å². The molecule has 1 aromatic carbocycles. The van der Waals surface area contributed by atoms with E-state index in [4.69, 9.17) is 0 Å². The van der Waals surface area contributed by atoms with Crippen molar-refractivity contribution in [2.24, 2.45) is 0 Å². The third-order valence-corrected chi connectivity index (χ3v) is 5.47. The maximum Gasteiger partial charge on any atom is 0.389 e. The summed E-state index contributed by atoms with van der Waals surface area (Å²) in [5, 5.41) is 3.06. The number of aromatic nitrogens is 3. The van der Waals surface area contributed by atoms with E-state index in [9.17, 15) is 18.0 Å². The molecular weight excluding hydrogens is 429 g/mol. The van der Waals surface area contributed by atoms with Crippen molar-refractivity contribution in [1.82, 2.24) is 14.4 Å². The van der Waals surface area contributed by atoms with E-state index in [2.05, 4.69) is 21.4 Å². The lowest BCUT2D eigenvalue weighted by Gasteiger charge is -2.09. The largest absolute Gasteiger partial charge is 0.389 e. The van der Waals surface area contributed by atoms with E-state index in [1.165, 1.54) is 0 Å². The minimum Gasteiger partial charge on any atom is -0.373 e. The number of hydrogen-bond donors (Lipinski definition) is 1. The SMILES string of the molecule is CNc1ncc(-c2ccn3c(-c4cccc(CC(=O)CCC(F)(F)F)c4)cnc3c2)cc1C. The number of pyridine rings is 2. The molecule has 170 valence electrons. The number of carbonyl (C=O) groups is 1. The molecule has 0 aliphatic rings. The van der Waals surface area contributed by atoms with Crippen molar-refractivity contribution in [2.75, 3.05) is 12.4 Å². The number of alkyl halides is 3. The Morgan fingerprint density at radius 2 is 1.85 bits per heavy atom. The first kappa shape index (κ1) is 22.5. The van der Waals surface area contributed by atoms with Gasteiger partial charge in [-0.25, -0.2) is 9.97 Å². The van der Waals surface area contributed by atoms with Crippen LogP contribution in [0.3, 0.4) is 0 Å². The van der Waals surface area contributed by atoms with Gasteiger partial charge in [-0.1, -0.05) is 18.2 Å². The lowest BCUT2D eigenvalue weighted by Crippen LogP contribution is -2.12. The number of ketones is 1. The molecule has 3 aromatic heterocycles. The molecule has 8 heteroatoms. The van der Waals surface area contributed by atoms with Gasteiger partial charge in [-0.2, -0.15) is 13.2 Å². The Morgan fingerprint density at radius 3 is 2.58 bits per heavy atom. The number of aryl methyl sites for hydroxylation is 1. The van der Waals surface area contributed by atoms with E-state index in [-0.39, 0.29) is 6.42 Å². The summed E-state index contributed by atoms with van der Waals surface area (Å²) in [5.41, 5.74) is 6.12. The second-order valence-electron chi connectivity index (χ2n) is 7.96. The Bertz CT molecular complexity index is 1310. The number of Topliss-reactive ketones (excluding diaryl/α,β-unsaturated/α-hetero) is 1. The molecule has 1 N–H and O–H groups in total. The Morgan fingerprint density at radius 1 is 1.03 bits per heavy atom. The summed E-state index contributed by atoms with van der Waals surface area (Å²) in [6.07, 6.45) is -0.458. The van der Waals surface area contributed by atoms with Crippen LogP contribution in [0.2, 0.25) is 0 Å². The van der Waals surface area contributed by atoms with Crippen molar-refractivity contribution in [3.05, 3.63) is 72.2 Å². The highest BCUT2D eigenvalue weighted by Crippen LogP contribution is 2.27. The van der Waals surface area contributed by atoms with E-state index in [0.29, 0.717) is 5.56 Å². The van der Waals surface area contributed by atoms with E-state index >= 15 is 0 Å². The van der Waals surface area contributed by atoms with Gasteiger partial charge in [0.2, 0.25) is 0 Å². The van der Waals surface area contributed by atoms with Crippen molar-refractivity contribution < 1.29 is 18.0 Å². The number of hydrogen-bond acceptors (Lipinski definition) is 4.